The number of aliphatic carboxylic acids is 1. The maximum Gasteiger partial charge on any atom is 0.407 e. The summed E-state index contributed by atoms with van der Waals surface area (Å²) in [5.74, 6) is -2.04. The van der Waals surface area contributed by atoms with E-state index in [9.17, 15) is 14.4 Å². The Morgan fingerprint density at radius 3 is 2.29 bits per heavy atom. The second kappa shape index (κ2) is 8.97. The third-order valence-electron chi connectivity index (χ3n) is 4.99. The molecule has 1 aliphatic carbocycles. The van der Waals surface area contributed by atoms with Gasteiger partial charge in [0.1, 0.15) is 12.6 Å². The van der Waals surface area contributed by atoms with Crippen LogP contribution in [0.25, 0.3) is 11.1 Å². The van der Waals surface area contributed by atoms with E-state index in [2.05, 4.69) is 15.6 Å². The summed E-state index contributed by atoms with van der Waals surface area (Å²) in [7, 11) is 0. The van der Waals surface area contributed by atoms with Crippen molar-refractivity contribution < 1.29 is 24.2 Å². The first-order chi connectivity index (χ1) is 15.0. The number of alkyl carbamates (subject to hydrolysis) is 1. The fourth-order valence-corrected chi connectivity index (χ4v) is 4.18. The summed E-state index contributed by atoms with van der Waals surface area (Å²) < 4.78 is 5.40. The van der Waals surface area contributed by atoms with E-state index in [-0.39, 0.29) is 12.5 Å². The average molecular weight is 437 g/mol. The van der Waals surface area contributed by atoms with Crippen molar-refractivity contribution in [1.82, 2.24) is 10.3 Å². The summed E-state index contributed by atoms with van der Waals surface area (Å²) in [6, 6.07) is 14.5. The number of carboxylic acid groups (broad SMARTS) is 1. The predicted octanol–water partition coefficient (Wildman–Crippen LogP) is 3.46. The lowest BCUT2D eigenvalue weighted by Gasteiger charge is -2.18. The number of anilines is 1. The standard InChI is InChI=1S/C22H19N3O5S/c26-19(27)11-18(20(28)25-21-23-9-10-31-21)24-22(29)30-12-17-15-7-3-1-5-13(15)14-6-2-4-8-16(14)17/h1-10,17-18H,11-12H2,(H,24,29)(H,26,27)(H,23,25,28). The van der Waals surface area contributed by atoms with Gasteiger partial charge in [-0.25, -0.2) is 9.78 Å². The fraction of sp³-hybridized carbons (Fsp3) is 0.182. The van der Waals surface area contributed by atoms with E-state index in [1.54, 1.807) is 5.38 Å². The van der Waals surface area contributed by atoms with Crippen molar-refractivity contribution >= 4 is 34.4 Å². The maximum absolute atomic E-state index is 12.4. The molecule has 3 N–H and O–H groups in total. The minimum absolute atomic E-state index is 0.0632. The van der Waals surface area contributed by atoms with E-state index in [4.69, 9.17) is 9.84 Å². The van der Waals surface area contributed by atoms with Gasteiger partial charge in [-0.05, 0) is 22.3 Å². The van der Waals surface area contributed by atoms with Crippen molar-refractivity contribution in [2.75, 3.05) is 11.9 Å². The van der Waals surface area contributed by atoms with Gasteiger partial charge in [-0.15, -0.1) is 11.3 Å². The molecule has 3 aromatic rings. The van der Waals surface area contributed by atoms with Crippen LogP contribution in [0.1, 0.15) is 23.5 Å². The van der Waals surface area contributed by atoms with Gasteiger partial charge >= 0.3 is 12.1 Å². The van der Waals surface area contributed by atoms with Crippen LogP contribution in [0.15, 0.2) is 60.1 Å². The van der Waals surface area contributed by atoms with Crippen molar-refractivity contribution in [3.8, 4) is 11.1 Å². The zero-order chi connectivity index (χ0) is 21.8. The van der Waals surface area contributed by atoms with Crippen molar-refractivity contribution in [3.63, 3.8) is 0 Å². The molecule has 31 heavy (non-hydrogen) atoms. The Morgan fingerprint density at radius 2 is 1.71 bits per heavy atom. The lowest BCUT2D eigenvalue weighted by atomic mass is 9.98. The summed E-state index contributed by atoms with van der Waals surface area (Å²) in [5.41, 5.74) is 4.30. The van der Waals surface area contributed by atoms with Gasteiger partial charge in [0, 0.05) is 17.5 Å². The molecule has 0 radical (unpaired) electrons. The molecule has 1 aliphatic rings. The Bertz CT molecular complexity index is 1070. The minimum Gasteiger partial charge on any atom is -0.481 e. The van der Waals surface area contributed by atoms with Crippen LogP contribution in [0.3, 0.4) is 0 Å². The van der Waals surface area contributed by atoms with Gasteiger partial charge in [0.05, 0.1) is 6.42 Å². The molecule has 0 spiro atoms. The average Bonchev–Trinajstić information content (AvgIpc) is 3.37. The molecule has 1 unspecified atom stereocenters. The normalized spacial score (nSPS) is 13.0. The highest BCUT2D eigenvalue weighted by molar-refractivity contribution is 7.13. The van der Waals surface area contributed by atoms with Crippen LogP contribution in [0.2, 0.25) is 0 Å². The lowest BCUT2D eigenvalue weighted by molar-refractivity contribution is -0.139. The molecule has 0 fully saturated rings. The van der Waals surface area contributed by atoms with Gasteiger partial charge in [-0.3, -0.25) is 9.59 Å². The largest absolute Gasteiger partial charge is 0.481 e. The smallest absolute Gasteiger partial charge is 0.407 e. The Labute approximate surface area is 181 Å². The van der Waals surface area contributed by atoms with Gasteiger partial charge in [0.25, 0.3) is 0 Å². The molecule has 8 nitrogen and oxygen atoms in total. The molecule has 1 atom stereocenters. The highest BCUT2D eigenvalue weighted by Crippen LogP contribution is 2.44. The molecule has 0 saturated heterocycles. The molecule has 158 valence electrons. The predicted molar refractivity (Wildman–Crippen MR) is 115 cm³/mol. The van der Waals surface area contributed by atoms with Crippen molar-refractivity contribution in [2.45, 2.75) is 18.4 Å². The van der Waals surface area contributed by atoms with Gasteiger partial charge in [-0.2, -0.15) is 0 Å². The summed E-state index contributed by atoms with van der Waals surface area (Å²) >= 11 is 1.19. The van der Waals surface area contributed by atoms with Crippen LogP contribution < -0.4 is 10.6 Å². The third-order valence-corrected chi connectivity index (χ3v) is 5.68. The molecule has 9 heteroatoms. The number of nitrogens with one attached hydrogen (secondary N) is 2. The molecule has 0 bridgehead atoms. The molecule has 0 saturated carbocycles. The highest BCUT2D eigenvalue weighted by Gasteiger charge is 2.30. The first-order valence-electron chi connectivity index (χ1n) is 9.56. The number of ether oxygens (including phenoxy) is 1. The molecule has 2 amide bonds. The number of rotatable bonds is 7. The Balaban J connectivity index is 1.43. The monoisotopic (exact) mass is 437 g/mol. The second-order valence-corrected chi connectivity index (χ2v) is 7.84. The minimum atomic E-state index is -1.29. The van der Waals surface area contributed by atoms with E-state index in [1.165, 1.54) is 17.5 Å². The zero-order valence-electron chi connectivity index (χ0n) is 16.3. The molecule has 4 rings (SSSR count). The number of amides is 2. The van der Waals surface area contributed by atoms with Crippen LogP contribution in [0, 0.1) is 0 Å². The molecule has 0 aliphatic heterocycles. The van der Waals surface area contributed by atoms with Crippen LogP contribution >= 0.6 is 11.3 Å². The number of carboxylic acids is 1. The Kier molecular flexibility index (Phi) is 5.94. The number of carbonyl (C=O) groups is 3. The maximum atomic E-state index is 12.4. The second-order valence-electron chi connectivity index (χ2n) is 6.95. The molecule has 1 aromatic heterocycles. The SMILES string of the molecule is O=C(O)CC(NC(=O)OCC1c2ccccc2-c2ccccc21)C(=O)Nc1nccs1. The van der Waals surface area contributed by atoms with E-state index in [0.717, 1.165) is 22.3 Å². The topological polar surface area (TPSA) is 118 Å². The van der Waals surface area contributed by atoms with Gasteiger partial charge < -0.3 is 20.5 Å². The molecule has 1 heterocycles. The summed E-state index contributed by atoms with van der Waals surface area (Å²) in [4.78, 5) is 39.9. The van der Waals surface area contributed by atoms with Gasteiger partial charge in [-0.1, -0.05) is 48.5 Å². The number of aromatic nitrogens is 1. The van der Waals surface area contributed by atoms with E-state index < -0.39 is 30.4 Å². The van der Waals surface area contributed by atoms with Gasteiger partial charge in [0.15, 0.2) is 5.13 Å². The van der Waals surface area contributed by atoms with Crippen molar-refractivity contribution in [3.05, 3.63) is 71.2 Å². The van der Waals surface area contributed by atoms with Crippen molar-refractivity contribution in [1.29, 1.82) is 0 Å². The fourth-order valence-electron chi connectivity index (χ4n) is 3.64. The Hall–Kier alpha value is -3.72. The lowest BCUT2D eigenvalue weighted by Crippen LogP contribution is -2.45. The summed E-state index contributed by atoms with van der Waals surface area (Å²) in [5, 5.41) is 15.9. The van der Waals surface area contributed by atoms with E-state index >= 15 is 0 Å². The number of fused-ring (bicyclic) bond motifs is 3. The van der Waals surface area contributed by atoms with Gasteiger partial charge in [0.2, 0.25) is 5.91 Å². The van der Waals surface area contributed by atoms with Crippen LogP contribution in [-0.4, -0.2) is 40.7 Å². The summed E-state index contributed by atoms with van der Waals surface area (Å²) in [6.45, 7) is 0.0632. The number of thiazole rings is 1. The van der Waals surface area contributed by atoms with Crippen LogP contribution in [0.4, 0.5) is 9.93 Å². The van der Waals surface area contributed by atoms with E-state index in [1.807, 2.05) is 48.5 Å². The molecular weight excluding hydrogens is 418 g/mol. The Morgan fingerprint density at radius 1 is 1.06 bits per heavy atom. The zero-order valence-corrected chi connectivity index (χ0v) is 17.1. The number of hydrogen-bond acceptors (Lipinski definition) is 6. The number of carbonyl (C=O) groups excluding carboxylic acids is 2. The van der Waals surface area contributed by atoms with Crippen LogP contribution in [-0.2, 0) is 14.3 Å². The highest BCUT2D eigenvalue weighted by atomic mass is 32.1. The third kappa shape index (κ3) is 4.56. The van der Waals surface area contributed by atoms with E-state index in [0.29, 0.717) is 5.13 Å². The first kappa shape index (κ1) is 20.5. The number of nitrogens with zero attached hydrogens (tertiary/aromatic N) is 1. The molecule has 2 aromatic carbocycles. The van der Waals surface area contributed by atoms with Crippen molar-refractivity contribution in [2.24, 2.45) is 0 Å². The quantitative estimate of drug-likeness (QED) is 0.521. The van der Waals surface area contributed by atoms with Crippen LogP contribution in [0.5, 0.6) is 0 Å². The first-order valence-corrected chi connectivity index (χ1v) is 10.4. The summed E-state index contributed by atoms with van der Waals surface area (Å²) in [6.07, 6.45) is 0.0646. The number of hydrogen-bond donors (Lipinski definition) is 3. The molecular formula is C22H19N3O5S. The number of benzene rings is 2.